The number of nitrogens with one attached hydrogen (secondary N) is 1. The van der Waals surface area contributed by atoms with Crippen molar-refractivity contribution >= 4 is 39.7 Å². The van der Waals surface area contributed by atoms with Gasteiger partial charge in [0.25, 0.3) is 5.91 Å². The van der Waals surface area contributed by atoms with Gasteiger partial charge in [0, 0.05) is 23.2 Å². The number of thiophene rings is 1. The van der Waals surface area contributed by atoms with Gasteiger partial charge in [0.05, 0.1) is 15.6 Å². The van der Waals surface area contributed by atoms with Gasteiger partial charge in [0.15, 0.2) is 0 Å². The van der Waals surface area contributed by atoms with E-state index in [1.807, 2.05) is 30.0 Å². The van der Waals surface area contributed by atoms with Gasteiger partial charge in [-0.2, -0.15) is 0 Å². The van der Waals surface area contributed by atoms with Crippen molar-refractivity contribution < 1.29 is 4.79 Å². The minimum Gasteiger partial charge on any atom is -0.347 e. The van der Waals surface area contributed by atoms with Crippen LogP contribution in [0.4, 0.5) is 10.7 Å². The molecule has 0 radical (unpaired) electrons. The number of anilines is 2. The third-order valence-electron chi connectivity index (χ3n) is 4.54. The fourth-order valence-electron chi connectivity index (χ4n) is 3.28. The van der Waals surface area contributed by atoms with Crippen molar-refractivity contribution in [3.05, 3.63) is 76.7 Å². The third kappa shape index (κ3) is 4.04. The topological polar surface area (TPSA) is 32.3 Å². The van der Waals surface area contributed by atoms with E-state index in [2.05, 4.69) is 66.5 Å². The molecule has 4 rings (SSSR count). The number of hydrogen-bond donors (Lipinski definition) is 1. The van der Waals surface area contributed by atoms with Crippen LogP contribution in [0.1, 0.15) is 27.7 Å². The number of nitrogens with zero attached hydrogens (tertiary/aromatic N) is 1. The normalized spacial score (nSPS) is 16.1. The van der Waals surface area contributed by atoms with Crippen molar-refractivity contribution in [2.75, 3.05) is 11.4 Å². The number of carbonyl (C=O) groups is 1. The maximum absolute atomic E-state index is 12.6. The van der Waals surface area contributed by atoms with Gasteiger partial charge < -0.3 is 10.2 Å². The number of amides is 1. The first-order chi connectivity index (χ1) is 13.1. The van der Waals surface area contributed by atoms with Gasteiger partial charge in [-0.15, -0.1) is 23.1 Å². The molecule has 1 atom stereocenters. The van der Waals surface area contributed by atoms with Crippen molar-refractivity contribution in [3.63, 3.8) is 0 Å². The molecule has 138 valence electrons. The summed E-state index contributed by atoms with van der Waals surface area (Å²) in [5, 5.41) is 4.67. The maximum Gasteiger partial charge on any atom is 0.261 e. The molecular formula is C22H22N2OS2. The number of para-hydroxylation sites is 1. The summed E-state index contributed by atoms with van der Waals surface area (Å²) in [5.74, 6) is -0.0134. The molecule has 0 unspecified atom stereocenters. The SMILES string of the molecule is Cc1cccc(CNC(=O)c2ccc(N3C[C@@H](C)Sc4ccccc43)s2)c1. The van der Waals surface area contributed by atoms with E-state index >= 15 is 0 Å². The summed E-state index contributed by atoms with van der Waals surface area (Å²) in [6.45, 7) is 5.81. The lowest BCUT2D eigenvalue weighted by atomic mass is 10.1. The van der Waals surface area contributed by atoms with Gasteiger partial charge in [0.1, 0.15) is 0 Å². The first-order valence-electron chi connectivity index (χ1n) is 9.07. The molecule has 0 spiro atoms. The molecule has 0 saturated carbocycles. The fraction of sp³-hybridized carbons (Fsp3) is 0.227. The second kappa shape index (κ2) is 7.79. The van der Waals surface area contributed by atoms with Crippen molar-refractivity contribution in [2.24, 2.45) is 0 Å². The lowest BCUT2D eigenvalue weighted by Gasteiger charge is -2.33. The average molecular weight is 395 g/mol. The highest BCUT2D eigenvalue weighted by molar-refractivity contribution is 8.00. The Morgan fingerprint density at radius 3 is 2.85 bits per heavy atom. The Kier molecular flexibility index (Phi) is 5.23. The molecule has 1 N–H and O–H groups in total. The molecule has 3 aromatic rings. The highest BCUT2D eigenvalue weighted by atomic mass is 32.2. The molecule has 5 heteroatoms. The molecule has 0 fully saturated rings. The maximum atomic E-state index is 12.6. The number of aryl methyl sites for hydroxylation is 1. The standard InChI is InChI=1S/C22H22N2OS2/c1-15-6-5-7-17(12-15)13-23-22(25)20-10-11-21(27-20)24-14-16(2)26-19-9-4-3-8-18(19)24/h3-12,16H,13-14H2,1-2H3,(H,23,25)/t16-/m1/s1. The number of fused-ring (bicyclic) bond motifs is 1. The highest BCUT2D eigenvalue weighted by Crippen LogP contribution is 2.43. The van der Waals surface area contributed by atoms with Crippen LogP contribution in [0.5, 0.6) is 0 Å². The molecule has 1 aliphatic rings. The lowest BCUT2D eigenvalue weighted by Crippen LogP contribution is -2.28. The summed E-state index contributed by atoms with van der Waals surface area (Å²) in [4.78, 5) is 17.0. The predicted molar refractivity (Wildman–Crippen MR) is 115 cm³/mol. The van der Waals surface area contributed by atoms with E-state index in [0.717, 1.165) is 22.0 Å². The number of benzene rings is 2. The van der Waals surface area contributed by atoms with Crippen LogP contribution in [0.15, 0.2) is 65.6 Å². The van der Waals surface area contributed by atoms with Crippen LogP contribution in [0.25, 0.3) is 0 Å². The van der Waals surface area contributed by atoms with Gasteiger partial charge in [-0.05, 0) is 36.8 Å². The largest absolute Gasteiger partial charge is 0.347 e. The summed E-state index contributed by atoms with van der Waals surface area (Å²) in [7, 11) is 0. The lowest BCUT2D eigenvalue weighted by molar-refractivity contribution is 0.0955. The van der Waals surface area contributed by atoms with Gasteiger partial charge in [-0.1, -0.05) is 48.9 Å². The zero-order valence-electron chi connectivity index (χ0n) is 15.4. The van der Waals surface area contributed by atoms with Crippen molar-refractivity contribution in [2.45, 2.75) is 30.5 Å². The monoisotopic (exact) mass is 394 g/mol. The summed E-state index contributed by atoms with van der Waals surface area (Å²) < 4.78 is 0. The Bertz CT molecular complexity index is 966. The van der Waals surface area contributed by atoms with Crippen LogP contribution < -0.4 is 10.2 Å². The molecule has 0 aliphatic carbocycles. The van der Waals surface area contributed by atoms with Gasteiger partial charge in [-0.3, -0.25) is 4.79 Å². The van der Waals surface area contributed by atoms with Crippen LogP contribution in [0.3, 0.4) is 0 Å². The molecule has 0 bridgehead atoms. The van der Waals surface area contributed by atoms with Crippen LogP contribution in [0, 0.1) is 6.92 Å². The van der Waals surface area contributed by atoms with E-state index in [0.29, 0.717) is 11.8 Å². The smallest absolute Gasteiger partial charge is 0.261 e. The molecule has 2 aromatic carbocycles. The Labute approximate surface area is 168 Å². The molecule has 0 saturated heterocycles. The quantitative estimate of drug-likeness (QED) is 0.623. The number of hydrogen-bond acceptors (Lipinski definition) is 4. The number of rotatable bonds is 4. The Balaban J connectivity index is 1.49. The first-order valence-corrected chi connectivity index (χ1v) is 10.8. The van der Waals surface area contributed by atoms with Crippen molar-refractivity contribution in [1.29, 1.82) is 0 Å². The molecule has 2 heterocycles. The second-order valence-electron chi connectivity index (χ2n) is 6.82. The van der Waals surface area contributed by atoms with Gasteiger partial charge in [0.2, 0.25) is 0 Å². The number of carbonyl (C=O) groups excluding carboxylic acids is 1. The second-order valence-corrected chi connectivity index (χ2v) is 9.36. The Hall–Kier alpha value is -2.24. The Morgan fingerprint density at radius 2 is 2.00 bits per heavy atom. The summed E-state index contributed by atoms with van der Waals surface area (Å²) in [6, 6.07) is 20.7. The Morgan fingerprint density at radius 1 is 1.15 bits per heavy atom. The van der Waals surface area contributed by atoms with Crippen molar-refractivity contribution in [1.82, 2.24) is 5.32 Å². The molecule has 27 heavy (non-hydrogen) atoms. The zero-order valence-corrected chi connectivity index (χ0v) is 17.1. The summed E-state index contributed by atoms with van der Waals surface area (Å²) in [5.41, 5.74) is 3.56. The highest BCUT2D eigenvalue weighted by Gasteiger charge is 2.24. The average Bonchev–Trinajstić information content (AvgIpc) is 3.15. The third-order valence-corrected chi connectivity index (χ3v) is 6.80. The van der Waals surface area contributed by atoms with E-state index < -0.39 is 0 Å². The van der Waals surface area contributed by atoms with E-state index in [1.54, 1.807) is 11.3 Å². The van der Waals surface area contributed by atoms with E-state index in [-0.39, 0.29) is 5.91 Å². The minimum absolute atomic E-state index is 0.0134. The van der Waals surface area contributed by atoms with E-state index in [1.165, 1.54) is 16.1 Å². The predicted octanol–water partition coefficient (Wildman–Crippen LogP) is 5.62. The fourth-order valence-corrected chi connectivity index (χ4v) is 5.34. The van der Waals surface area contributed by atoms with Gasteiger partial charge in [-0.25, -0.2) is 0 Å². The van der Waals surface area contributed by atoms with E-state index in [9.17, 15) is 4.79 Å². The van der Waals surface area contributed by atoms with Crippen LogP contribution >= 0.6 is 23.1 Å². The molecule has 1 amide bonds. The molecular weight excluding hydrogens is 372 g/mol. The summed E-state index contributed by atoms with van der Waals surface area (Å²) in [6.07, 6.45) is 0. The minimum atomic E-state index is -0.0134. The van der Waals surface area contributed by atoms with Crippen LogP contribution in [-0.4, -0.2) is 17.7 Å². The van der Waals surface area contributed by atoms with E-state index in [4.69, 9.17) is 0 Å². The molecule has 1 aliphatic heterocycles. The molecule has 3 nitrogen and oxygen atoms in total. The molecule has 1 aromatic heterocycles. The van der Waals surface area contributed by atoms with Gasteiger partial charge >= 0.3 is 0 Å². The number of thioether (sulfide) groups is 1. The first kappa shape index (κ1) is 18.1. The zero-order chi connectivity index (χ0) is 18.8. The van der Waals surface area contributed by atoms with Crippen LogP contribution in [-0.2, 0) is 6.54 Å². The summed E-state index contributed by atoms with van der Waals surface area (Å²) >= 11 is 3.47. The van der Waals surface area contributed by atoms with Crippen LogP contribution in [0.2, 0.25) is 0 Å². The van der Waals surface area contributed by atoms with Crippen molar-refractivity contribution in [3.8, 4) is 0 Å².